The van der Waals surface area contributed by atoms with Crippen LogP contribution in [0.1, 0.15) is 11.1 Å². The van der Waals surface area contributed by atoms with E-state index in [9.17, 15) is 4.39 Å². The smallest absolute Gasteiger partial charge is 0.123 e. The molecule has 1 nitrogen and oxygen atoms in total. The molecule has 0 aliphatic rings. The summed E-state index contributed by atoms with van der Waals surface area (Å²) >= 11 is 5.20. The van der Waals surface area contributed by atoms with Gasteiger partial charge in [-0.15, -0.1) is 11.8 Å². The summed E-state index contributed by atoms with van der Waals surface area (Å²) in [7, 11) is 0. The van der Waals surface area contributed by atoms with Crippen molar-refractivity contribution in [3.63, 3.8) is 0 Å². The first-order chi connectivity index (χ1) is 9.54. The van der Waals surface area contributed by atoms with E-state index in [0.29, 0.717) is 0 Å². The highest BCUT2D eigenvalue weighted by atomic mass is 79.9. The second-order valence-electron chi connectivity index (χ2n) is 4.80. The van der Waals surface area contributed by atoms with Crippen LogP contribution < -0.4 is 5.73 Å². The molecule has 0 bridgehead atoms. The maximum Gasteiger partial charge on any atom is 0.123 e. The second kappa shape index (κ2) is 7.25. The first-order valence-corrected chi connectivity index (χ1v) is 8.21. The Morgan fingerprint density at radius 3 is 2.75 bits per heavy atom. The fourth-order valence-electron chi connectivity index (χ4n) is 1.99. The van der Waals surface area contributed by atoms with Crippen LogP contribution in [0.2, 0.25) is 0 Å². The van der Waals surface area contributed by atoms with Crippen molar-refractivity contribution >= 4 is 27.7 Å². The summed E-state index contributed by atoms with van der Waals surface area (Å²) in [6.45, 7) is 1.92. The number of benzene rings is 2. The molecule has 0 aromatic heterocycles. The Bertz CT molecular complexity index is 588. The second-order valence-corrected chi connectivity index (χ2v) is 6.81. The van der Waals surface area contributed by atoms with Crippen LogP contribution in [0, 0.1) is 12.7 Å². The Hall–Kier alpha value is -0.840. The lowest BCUT2D eigenvalue weighted by Gasteiger charge is -2.13. The van der Waals surface area contributed by atoms with Crippen LogP contribution in [0.25, 0.3) is 0 Å². The molecule has 2 N–H and O–H groups in total. The molecule has 2 rings (SSSR count). The largest absolute Gasteiger partial charge is 0.327 e. The predicted molar refractivity (Wildman–Crippen MR) is 87.7 cm³/mol. The molecule has 106 valence electrons. The van der Waals surface area contributed by atoms with Gasteiger partial charge in [0, 0.05) is 21.2 Å². The molecule has 0 radical (unpaired) electrons. The van der Waals surface area contributed by atoms with Gasteiger partial charge in [0.1, 0.15) is 5.82 Å². The molecule has 0 aliphatic carbocycles. The van der Waals surface area contributed by atoms with Gasteiger partial charge in [0.25, 0.3) is 0 Å². The number of nitrogens with two attached hydrogens (primary N) is 1. The minimum Gasteiger partial charge on any atom is -0.327 e. The standard InChI is InChI=1S/C16H17BrFNS/c1-11-7-14(18)6-5-12(11)8-15(19)10-20-16-4-2-3-13(17)9-16/h2-7,9,15H,8,10,19H2,1H3. The van der Waals surface area contributed by atoms with Crippen LogP contribution in [0.4, 0.5) is 4.39 Å². The number of aryl methyl sites for hydroxylation is 1. The zero-order valence-corrected chi connectivity index (χ0v) is 13.7. The highest BCUT2D eigenvalue weighted by Gasteiger charge is 2.08. The van der Waals surface area contributed by atoms with Gasteiger partial charge in [-0.05, 0) is 54.8 Å². The van der Waals surface area contributed by atoms with Crippen LogP contribution in [0.15, 0.2) is 51.8 Å². The van der Waals surface area contributed by atoms with Gasteiger partial charge in [-0.1, -0.05) is 28.1 Å². The molecule has 1 unspecified atom stereocenters. The van der Waals surface area contributed by atoms with E-state index in [1.807, 2.05) is 25.1 Å². The molecular weight excluding hydrogens is 337 g/mol. The van der Waals surface area contributed by atoms with Gasteiger partial charge in [-0.3, -0.25) is 0 Å². The molecule has 0 saturated carbocycles. The van der Waals surface area contributed by atoms with Gasteiger partial charge in [0.15, 0.2) is 0 Å². The van der Waals surface area contributed by atoms with Crippen molar-refractivity contribution in [3.05, 3.63) is 63.9 Å². The Labute approximate surface area is 131 Å². The lowest BCUT2D eigenvalue weighted by atomic mass is 10.0. The number of halogens is 2. The Kier molecular flexibility index (Phi) is 5.64. The van der Waals surface area contributed by atoms with Crippen LogP contribution in [0.3, 0.4) is 0 Å². The van der Waals surface area contributed by atoms with Gasteiger partial charge in [-0.25, -0.2) is 4.39 Å². The van der Waals surface area contributed by atoms with E-state index in [4.69, 9.17) is 5.73 Å². The van der Waals surface area contributed by atoms with E-state index in [-0.39, 0.29) is 11.9 Å². The fourth-order valence-corrected chi connectivity index (χ4v) is 3.45. The summed E-state index contributed by atoms with van der Waals surface area (Å²) in [5, 5.41) is 0. The molecule has 2 aromatic rings. The summed E-state index contributed by atoms with van der Waals surface area (Å²) in [5.74, 6) is 0.649. The highest BCUT2D eigenvalue weighted by molar-refractivity contribution is 9.10. The number of hydrogen-bond acceptors (Lipinski definition) is 2. The van der Waals surface area contributed by atoms with Crippen LogP contribution >= 0.6 is 27.7 Å². The van der Waals surface area contributed by atoms with Crippen molar-refractivity contribution in [2.45, 2.75) is 24.3 Å². The third-order valence-electron chi connectivity index (χ3n) is 3.05. The zero-order chi connectivity index (χ0) is 14.5. The van der Waals surface area contributed by atoms with E-state index in [0.717, 1.165) is 27.8 Å². The summed E-state index contributed by atoms with van der Waals surface area (Å²) in [5.41, 5.74) is 8.26. The van der Waals surface area contributed by atoms with Crippen molar-refractivity contribution in [2.75, 3.05) is 5.75 Å². The maximum absolute atomic E-state index is 13.1. The third kappa shape index (κ3) is 4.62. The predicted octanol–water partition coefficient (Wildman–Crippen LogP) is 4.56. The normalized spacial score (nSPS) is 12.4. The van der Waals surface area contributed by atoms with Gasteiger partial charge in [0.2, 0.25) is 0 Å². The van der Waals surface area contributed by atoms with E-state index < -0.39 is 0 Å². The minimum atomic E-state index is -0.191. The summed E-state index contributed by atoms with van der Waals surface area (Å²) in [4.78, 5) is 1.20. The molecule has 20 heavy (non-hydrogen) atoms. The van der Waals surface area contributed by atoms with E-state index in [2.05, 4.69) is 28.1 Å². The maximum atomic E-state index is 13.1. The zero-order valence-electron chi connectivity index (χ0n) is 11.3. The van der Waals surface area contributed by atoms with Crippen LogP contribution in [0.5, 0.6) is 0 Å². The monoisotopic (exact) mass is 353 g/mol. The van der Waals surface area contributed by atoms with Gasteiger partial charge in [-0.2, -0.15) is 0 Å². The molecule has 4 heteroatoms. The third-order valence-corrected chi connectivity index (χ3v) is 4.72. The molecule has 1 atom stereocenters. The molecule has 0 aliphatic heterocycles. The fraction of sp³-hybridized carbons (Fsp3) is 0.250. The van der Waals surface area contributed by atoms with Crippen molar-refractivity contribution in [1.29, 1.82) is 0 Å². The topological polar surface area (TPSA) is 26.0 Å². The van der Waals surface area contributed by atoms with Gasteiger partial charge in [0.05, 0.1) is 0 Å². The summed E-state index contributed by atoms with van der Waals surface area (Å²) in [6.07, 6.45) is 0.771. The first-order valence-electron chi connectivity index (χ1n) is 6.43. The van der Waals surface area contributed by atoms with E-state index in [1.54, 1.807) is 17.8 Å². The number of hydrogen-bond donors (Lipinski definition) is 1. The average molecular weight is 354 g/mol. The molecule has 0 spiro atoms. The van der Waals surface area contributed by atoms with Gasteiger partial charge >= 0.3 is 0 Å². The lowest BCUT2D eigenvalue weighted by Crippen LogP contribution is -2.25. The van der Waals surface area contributed by atoms with Crippen molar-refractivity contribution in [1.82, 2.24) is 0 Å². The van der Waals surface area contributed by atoms with Crippen molar-refractivity contribution in [2.24, 2.45) is 5.73 Å². The Balaban J connectivity index is 1.90. The van der Waals surface area contributed by atoms with E-state index >= 15 is 0 Å². The Morgan fingerprint density at radius 2 is 2.05 bits per heavy atom. The van der Waals surface area contributed by atoms with Crippen molar-refractivity contribution in [3.8, 4) is 0 Å². The summed E-state index contributed by atoms with van der Waals surface area (Å²) < 4.78 is 14.1. The van der Waals surface area contributed by atoms with Crippen LogP contribution in [-0.4, -0.2) is 11.8 Å². The SMILES string of the molecule is Cc1cc(F)ccc1CC(N)CSc1cccc(Br)c1. The number of thioether (sulfide) groups is 1. The molecule has 0 heterocycles. The lowest BCUT2D eigenvalue weighted by molar-refractivity contribution is 0.624. The quantitative estimate of drug-likeness (QED) is 0.797. The summed E-state index contributed by atoms with van der Waals surface area (Å²) in [6, 6.07) is 13.1. The highest BCUT2D eigenvalue weighted by Crippen LogP contribution is 2.23. The first kappa shape index (κ1) is 15.5. The molecular formula is C16H17BrFNS. The molecule has 0 fully saturated rings. The minimum absolute atomic E-state index is 0.0585. The molecule has 2 aromatic carbocycles. The molecule has 0 saturated heterocycles. The van der Waals surface area contributed by atoms with Crippen molar-refractivity contribution < 1.29 is 4.39 Å². The number of rotatable bonds is 5. The molecule has 0 amide bonds. The van der Waals surface area contributed by atoms with Gasteiger partial charge < -0.3 is 5.73 Å². The van der Waals surface area contributed by atoms with E-state index in [1.165, 1.54) is 11.0 Å². The van der Waals surface area contributed by atoms with Crippen LogP contribution in [-0.2, 0) is 6.42 Å². The Morgan fingerprint density at radius 1 is 1.25 bits per heavy atom. The average Bonchev–Trinajstić information content (AvgIpc) is 2.40.